The number of hydrogen-bond acceptors (Lipinski definition) is 3. The van der Waals surface area contributed by atoms with Gasteiger partial charge in [0.2, 0.25) is 0 Å². The lowest BCUT2D eigenvalue weighted by Crippen LogP contribution is -2.37. The summed E-state index contributed by atoms with van der Waals surface area (Å²) in [5.41, 5.74) is 7.07. The number of rotatable bonds is 2. The average Bonchev–Trinajstić information content (AvgIpc) is 2.16. The van der Waals surface area contributed by atoms with Crippen molar-refractivity contribution in [3.05, 3.63) is 28.8 Å². The molecule has 0 aliphatic carbocycles. The smallest absolute Gasteiger partial charge is 0.137 e. The highest BCUT2D eigenvalue weighted by Crippen LogP contribution is 2.43. The van der Waals surface area contributed by atoms with E-state index in [2.05, 4.69) is 0 Å². The number of benzene rings is 1. The molecule has 0 bridgehead atoms. The van der Waals surface area contributed by atoms with Crippen LogP contribution in [0.4, 0.5) is 0 Å². The van der Waals surface area contributed by atoms with Crippen LogP contribution in [-0.2, 0) is 0 Å². The Morgan fingerprint density at radius 3 is 2.79 bits per heavy atom. The SMILES string of the molecule is COc1ccc(C2SCC2N)cc1Cl. The normalized spacial score (nSPS) is 25.6. The summed E-state index contributed by atoms with van der Waals surface area (Å²) < 4.78 is 5.09. The van der Waals surface area contributed by atoms with Crippen molar-refractivity contribution in [1.82, 2.24) is 0 Å². The molecule has 14 heavy (non-hydrogen) atoms. The number of nitrogens with two attached hydrogens (primary N) is 1. The Hall–Kier alpha value is -0.380. The second-order valence-electron chi connectivity index (χ2n) is 3.31. The Kier molecular flexibility index (Phi) is 2.91. The van der Waals surface area contributed by atoms with E-state index in [1.165, 1.54) is 5.56 Å². The van der Waals surface area contributed by atoms with Gasteiger partial charge in [-0.15, -0.1) is 0 Å². The lowest BCUT2D eigenvalue weighted by molar-refractivity contribution is 0.415. The molecule has 2 unspecified atom stereocenters. The minimum Gasteiger partial charge on any atom is -0.495 e. The van der Waals surface area contributed by atoms with E-state index in [1.54, 1.807) is 7.11 Å². The van der Waals surface area contributed by atoms with Gasteiger partial charge in [-0.1, -0.05) is 17.7 Å². The van der Waals surface area contributed by atoms with Crippen LogP contribution in [0.1, 0.15) is 10.8 Å². The molecule has 1 saturated heterocycles. The van der Waals surface area contributed by atoms with E-state index in [4.69, 9.17) is 22.1 Å². The van der Waals surface area contributed by atoms with Gasteiger partial charge in [0.15, 0.2) is 0 Å². The topological polar surface area (TPSA) is 35.2 Å². The fourth-order valence-electron chi connectivity index (χ4n) is 1.51. The lowest BCUT2D eigenvalue weighted by atomic mass is 10.1. The van der Waals surface area contributed by atoms with Crippen LogP contribution in [0.15, 0.2) is 18.2 Å². The monoisotopic (exact) mass is 229 g/mol. The first-order valence-corrected chi connectivity index (χ1v) is 5.85. The average molecular weight is 230 g/mol. The van der Waals surface area contributed by atoms with Crippen LogP contribution in [0.25, 0.3) is 0 Å². The highest BCUT2D eigenvalue weighted by molar-refractivity contribution is 8.01. The summed E-state index contributed by atoms with van der Waals surface area (Å²) >= 11 is 7.89. The van der Waals surface area contributed by atoms with E-state index in [0.29, 0.717) is 16.0 Å². The van der Waals surface area contributed by atoms with Gasteiger partial charge in [0.1, 0.15) is 5.75 Å². The van der Waals surface area contributed by atoms with Crippen LogP contribution in [0.2, 0.25) is 5.02 Å². The number of hydrogen-bond donors (Lipinski definition) is 1. The molecule has 1 aromatic carbocycles. The van der Waals surface area contributed by atoms with Gasteiger partial charge in [0.25, 0.3) is 0 Å². The van der Waals surface area contributed by atoms with Crippen molar-refractivity contribution < 1.29 is 4.74 Å². The molecule has 0 radical (unpaired) electrons. The fourth-order valence-corrected chi connectivity index (χ4v) is 2.72. The van der Waals surface area contributed by atoms with Crippen LogP contribution in [-0.4, -0.2) is 18.9 Å². The molecule has 2 nitrogen and oxygen atoms in total. The first-order chi connectivity index (χ1) is 6.72. The van der Waals surface area contributed by atoms with Crippen LogP contribution >= 0.6 is 23.4 Å². The van der Waals surface area contributed by atoms with Crippen LogP contribution in [0, 0.1) is 0 Å². The predicted molar refractivity (Wildman–Crippen MR) is 61.2 cm³/mol. The number of methoxy groups -OCH3 is 1. The van der Waals surface area contributed by atoms with Crippen molar-refractivity contribution in [1.29, 1.82) is 0 Å². The lowest BCUT2D eigenvalue weighted by Gasteiger charge is -2.33. The molecule has 1 aliphatic heterocycles. The molecule has 1 aromatic rings. The molecule has 0 amide bonds. The molecular formula is C10H12ClNOS. The Morgan fingerprint density at radius 2 is 2.36 bits per heavy atom. The second kappa shape index (κ2) is 4.01. The van der Waals surface area contributed by atoms with E-state index >= 15 is 0 Å². The Balaban J connectivity index is 2.24. The molecule has 2 rings (SSSR count). The summed E-state index contributed by atoms with van der Waals surface area (Å²) in [4.78, 5) is 0. The third-order valence-electron chi connectivity index (χ3n) is 2.36. The molecule has 76 valence electrons. The van der Waals surface area contributed by atoms with Crippen LogP contribution in [0.3, 0.4) is 0 Å². The summed E-state index contributed by atoms with van der Waals surface area (Å²) in [5, 5.41) is 1.06. The number of thioether (sulfide) groups is 1. The Bertz CT molecular complexity index is 345. The summed E-state index contributed by atoms with van der Waals surface area (Å²) in [6.45, 7) is 0. The van der Waals surface area contributed by atoms with E-state index in [0.717, 1.165) is 5.75 Å². The van der Waals surface area contributed by atoms with E-state index in [9.17, 15) is 0 Å². The molecule has 2 atom stereocenters. The van der Waals surface area contributed by atoms with Gasteiger partial charge in [-0.05, 0) is 17.7 Å². The summed E-state index contributed by atoms with van der Waals surface area (Å²) in [7, 11) is 1.62. The van der Waals surface area contributed by atoms with Gasteiger partial charge in [-0.25, -0.2) is 0 Å². The maximum atomic E-state index is 6.03. The number of ether oxygens (including phenoxy) is 1. The van der Waals surface area contributed by atoms with Gasteiger partial charge in [0.05, 0.1) is 12.1 Å². The van der Waals surface area contributed by atoms with Crippen molar-refractivity contribution in [3.8, 4) is 5.75 Å². The second-order valence-corrected chi connectivity index (χ2v) is 4.89. The quantitative estimate of drug-likeness (QED) is 0.846. The van der Waals surface area contributed by atoms with E-state index in [-0.39, 0.29) is 6.04 Å². The highest BCUT2D eigenvalue weighted by atomic mass is 35.5. The predicted octanol–water partition coefficient (Wildman–Crippen LogP) is 2.46. The molecule has 1 fully saturated rings. The van der Waals surface area contributed by atoms with E-state index < -0.39 is 0 Å². The molecule has 4 heteroatoms. The molecule has 1 aliphatic rings. The van der Waals surface area contributed by atoms with Gasteiger partial charge in [-0.3, -0.25) is 0 Å². The zero-order valence-electron chi connectivity index (χ0n) is 7.87. The number of halogens is 1. The minimum atomic E-state index is 0.268. The summed E-state index contributed by atoms with van der Waals surface area (Å²) in [6.07, 6.45) is 0. The standard InChI is InChI=1S/C10H12ClNOS/c1-13-9-3-2-6(4-7(9)11)10-8(12)5-14-10/h2-4,8,10H,5,12H2,1H3. The highest BCUT2D eigenvalue weighted by Gasteiger charge is 2.29. The molecule has 1 heterocycles. The van der Waals surface area contributed by atoms with Crippen LogP contribution in [0.5, 0.6) is 5.75 Å². The van der Waals surface area contributed by atoms with Crippen molar-refractivity contribution in [2.75, 3.05) is 12.9 Å². The Labute approximate surface area is 92.8 Å². The third-order valence-corrected chi connectivity index (χ3v) is 4.22. The van der Waals surface area contributed by atoms with Crippen molar-refractivity contribution >= 4 is 23.4 Å². The zero-order valence-corrected chi connectivity index (χ0v) is 9.44. The van der Waals surface area contributed by atoms with Gasteiger partial charge in [0, 0.05) is 17.0 Å². The van der Waals surface area contributed by atoms with Crippen molar-refractivity contribution in [2.24, 2.45) is 5.73 Å². The molecule has 2 N–H and O–H groups in total. The zero-order chi connectivity index (χ0) is 10.1. The minimum absolute atomic E-state index is 0.268. The third kappa shape index (κ3) is 1.72. The van der Waals surface area contributed by atoms with Crippen molar-refractivity contribution in [2.45, 2.75) is 11.3 Å². The largest absolute Gasteiger partial charge is 0.495 e. The maximum Gasteiger partial charge on any atom is 0.137 e. The van der Waals surface area contributed by atoms with Crippen LogP contribution < -0.4 is 10.5 Å². The first kappa shape index (κ1) is 10.1. The van der Waals surface area contributed by atoms with Gasteiger partial charge < -0.3 is 10.5 Å². The summed E-state index contributed by atoms with van der Waals surface area (Å²) in [5.74, 6) is 1.75. The fraction of sp³-hybridized carbons (Fsp3) is 0.400. The molecule has 0 aromatic heterocycles. The maximum absolute atomic E-state index is 6.03. The molecule has 0 saturated carbocycles. The van der Waals surface area contributed by atoms with Gasteiger partial charge in [-0.2, -0.15) is 11.8 Å². The molecular weight excluding hydrogens is 218 g/mol. The first-order valence-electron chi connectivity index (χ1n) is 4.43. The van der Waals surface area contributed by atoms with Gasteiger partial charge >= 0.3 is 0 Å². The summed E-state index contributed by atoms with van der Waals surface area (Å²) in [6, 6.07) is 6.13. The Morgan fingerprint density at radius 1 is 1.57 bits per heavy atom. The van der Waals surface area contributed by atoms with Crippen molar-refractivity contribution in [3.63, 3.8) is 0 Å². The molecule has 0 spiro atoms. The van der Waals surface area contributed by atoms with E-state index in [1.807, 2.05) is 30.0 Å².